The molecule has 21 heavy (non-hydrogen) atoms. The van der Waals surface area contributed by atoms with Gasteiger partial charge in [-0.15, -0.1) is 0 Å². The van der Waals surface area contributed by atoms with Gasteiger partial charge in [0.1, 0.15) is 31.0 Å². The quantitative estimate of drug-likeness (QED) is 0.359. The van der Waals surface area contributed by atoms with Crippen molar-refractivity contribution in [1.82, 2.24) is 0 Å². The van der Waals surface area contributed by atoms with Gasteiger partial charge >= 0.3 is 5.97 Å². The van der Waals surface area contributed by atoms with Crippen LogP contribution >= 0.6 is 0 Å². The van der Waals surface area contributed by atoms with Crippen LogP contribution in [0.25, 0.3) is 0 Å². The molecule has 0 bridgehead atoms. The van der Waals surface area contributed by atoms with Gasteiger partial charge in [-0.1, -0.05) is 32.6 Å². The van der Waals surface area contributed by atoms with Crippen LogP contribution in [0, 0.1) is 0 Å². The Bertz CT molecular complexity index is 310. The van der Waals surface area contributed by atoms with E-state index in [9.17, 15) is 25.2 Å². The van der Waals surface area contributed by atoms with Crippen LogP contribution < -0.4 is 0 Å². The molecule has 7 heteroatoms. The Labute approximate surface area is 124 Å². The van der Waals surface area contributed by atoms with E-state index in [0.717, 1.165) is 32.1 Å². The van der Waals surface area contributed by atoms with Crippen molar-refractivity contribution in [1.29, 1.82) is 0 Å². The largest absolute Gasteiger partial charge is 0.463 e. The van der Waals surface area contributed by atoms with Gasteiger partial charge in [-0.25, -0.2) is 0 Å². The second kappa shape index (κ2) is 9.32. The minimum atomic E-state index is -1.61. The summed E-state index contributed by atoms with van der Waals surface area (Å²) < 4.78 is 9.87. The van der Waals surface area contributed by atoms with Crippen molar-refractivity contribution in [3.63, 3.8) is 0 Å². The number of aliphatic hydroxyl groups is 4. The highest BCUT2D eigenvalue weighted by atomic mass is 16.6. The van der Waals surface area contributed by atoms with Gasteiger partial charge < -0.3 is 29.9 Å². The normalized spacial score (nSPS) is 32.9. The minimum Gasteiger partial charge on any atom is -0.463 e. The molecule has 0 aromatic rings. The van der Waals surface area contributed by atoms with E-state index in [1.165, 1.54) is 0 Å². The summed E-state index contributed by atoms with van der Waals surface area (Å²) in [5.41, 5.74) is 0. The fourth-order valence-electron chi connectivity index (χ4n) is 2.19. The van der Waals surface area contributed by atoms with Gasteiger partial charge in [0.2, 0.25) is 0 Å². The first-order valence-corrected chi connectivity index (χ1v) is 7.50. The Balaban J connectivity index is 2.23. The summed E-state index contributed by atoms with van der Waals surface area (Å²) in [6, 6.07) is 0. The van der Waals surface area contributed by atoms with Crippen LogP contribution in [0.4, 0.5) is 0 Å². The fraction of sp³-hybridized carbons (Fsp3) is 0.929. The lowest BCUT2D eigenvalue weighted by atomic mass is 9.99. The molecule has 0 spiro atoms. The maximum absolute atomic E-state index is 11.5. The SMILES string of the molecule is CCCCCCCC(=O)OC[C@H]1O[C@@H](O)[C@H](O)[C@@H](O)[C@@H]1O. The molecule has 1 fully saturated rings. The average Bonchev–Trinajstić information content (AvgIpc) is 2.47. The van der Waals surface area contributed by atoms with E-state index in [0.29, 0.717) is 6.42 Å². The number of esters is 1. The molecule has 0 aliphatic carbocycles. The zero-order valence-electron chi connectivity index (χ0n) is 12.4. The van der Waals surface area contributed by atoms with Crippen LogP contribution in [-0.4, -0.2) is 63.7 Å². The van der Waals surface area contributed by atoms with Crippen LogP contribution in [0.1, 0.15) is 45.4 Å². The Morgan fingerprint density at radius 1 is 1.00 bits per heavy atom. The molecule has 1 heterocycles. The molecule has 0 amide bonds. The van der Waals surface area contributed by atoms with E-state index in [-0.39, 0.29) is 6.61 Å². The van der Waals surface area contributed by atoms with Gasteiger partial charge in [0.05, 0.1) is 0 Å². The summed E-state index contributed by atoms with van der Waals surface area (Å²) in [6.07, 6.45) is -1.81. The van der Waals surface area contributed by atoms with Crippen molar-refractivity contribution in [2.24, 2.45) is 0 Å². The van der Waals surface area contributed by atoms with E-state index in [4.69, 9.17) is 9.47 Å². The third kappa shape index (κ3) is 5.88. The Morgan fingerprint density at radius 2 is 1.67 bits per heavy atom. The summed E-state index contributed by atoms with van der Waals surface area (Å²) >= 11 is 0. The summed E-state index contributed by atoms with van der Waals surface area (Å²) in [5.74, 6) is -0.405. The number of carbonyl (C=O) groups is 1. The Hall–Kier alpha value is -0.730. The molecule has 0 aromatic carbocycles. The third-order valence-corrected chi connectivity index (χ3v) is 3.58. The molecule has 0 saturated carbocycles. The highest BCUT2D eigenvalue weighted by Gasteiger charge is 2.43. The van der Waals surface area contributed by atoms with Crippen molar-refractivity contribution < 1.29 is 34.7 Å². The summed E-state index contributed by atoms with van der Waals surface area (Å²) in [7, 11) is 0. The van der Waals surface area contributed by atoms with Gasteiger partial charge in [0, 0.05) is 6.42 Å². The maximum Gasteiger partial charge on any atom is 0.305 e. The topological polar surface area (TPSA) is 116 Å². The van der Waals surface area contributed by atoms with E-state index in [1.807, 2.05) is 0 Å². The highest BCUT2D eigenvalue weighted by molar-refractivity contribution is 5.69. The molecular weight excluding hydrogens is 280 g/mol. The average molecular weight is 306 g/mol. The van der Waals surface area contributed by atoms with Crippen molar-refractivity contribution in [2.45, 2.75) is 76.2 Å². The maximum atomic E-state index is 11.5. The molecule has 7 nitrogen and oxygen atoms in total. The number of rotatable bonds is 8. The van der Waals surface area contributed by atoms with E-state index >= 15 is 0 Å². The lowest BCUT2D eigenvalue weighted by Gasteiger charge is -2.37. The van der Waals surface area contributed by atoms with Crippen LogP contribution in [0.5, 0.6) is 0 Å². The molecule has 124 valence electrons. The first kappa shape index (κ1) is 18.3. The van der Waals surface area contributed by atoms with Crippen molar-refractivity contribution in [2.75, 3.05) is 6.61 Å². The highest BCUT2D eigenvalue weighted by Crippen LogP contribution is 2.20. The molecule has 1 saturated heterocycles. The van der Waals surface area contributed by atoms with Gasteiger partial charge in [-0.05, 0) is 6.42 Å². The summed E-state index contributed by atoms with van der Waals surface area (Å²) in [5, 5.41) is 37.8. The van der Waals surface area contributed by atoms with E-state index < -0.39 is 36.7 Å². The number of hydrogen-bond acceptors (Lipinski definition) is 7. The summed E-state index contributed by atoms with van der Waals surface area (Å²) in [6.45, 7) is 1.85. The zero-order valence-corrected chi connectivity index (χ0v) is 12.4. The predicted molar refractivity (Wildman–Crippen MR) is 73.2 cm³/mol. The van der Waals surface area contributed by atoms with Gasteiger partial charge in [-0.3, -0.25) is 4.79 Å². The second-order valence-electron chi connectivity index (χ2n) is 5.38. The van der Waals surface area contributed by atoms with Crippen molar-refractivity contribution in [3.8, 4) is 0 Å². The van der Waals surface area contributed by atoms with Crippen LogP contribution in [0.3, 0.4) is 0 Å². The Kier molecular flexibility index (Phi) is 8.13. The molecule has 4 N–H and O–H groups in total. The number of aliphatic hydroxyl groups excluding tert-OH is 4. The monoisotopic (exact) mass is 306 g/mol. The number of unbranched alkanes of at least 4 members (excludes halogenated alkanes) is 4. The third-order valence-electron chi connectivity index (χ3n) is 3.58. The first-order valence-electron chi connectivity index (χ1n) is 7.50. The van der Waals surface area contributed by atoms with Gasteiger partial charge in [-0.2, -0.15) is 0 Å². The summed E-state index contributed by atoms with van der Waals surface area (Å²) in [4.78, 5) is 11.5. The molecule has 0 radical (unpaired) electrons. The Morgan fingerprint density at radius 3 is 2.33 bits per heavy atom. The predicted octanol–water partition coefficient (Wildman–Crippen LogP) is -0.310. The molecule has 1 aliphatic rings. The minimum absolute atomic E-state index is 0.268. The second-order valence-corrected chi connectivity index (χ2v) is 5.38. The number of ether oxygens (including phenoxy) is 2. The molecule has 1 rings (SSSR count). The van der Waals surface area contributed by atoms with Gasteiger partial charge in [0.15, 0.2) is 6.29 Å². The van der Waals surface area contributed by atoms with Crippen molar-refractivity contribution >= 4 is 5.97 Å². The smallest absolute Gasteiger partial charge is 0.305 e. The molecule has 1 aliphatic heterocycles. The lowest BCUT2D eigenvalue weighted by Crippen LogP contribution is -2.58. The number of hydrogen-bond donors (Lipinski definition) is 4. The molecule has 0 unspecified atom stereocenters. The lowest BCUT2D eigenvalue weighted by molar-refractivity contribution is -0.287. The van der Waals surface area contributed by atoms with Crippen LogP contribution in [-0.2, 0) is 14.3 Å². The first-order chi connectivity index (χ1) is 9.97. The molecule has 5 atom stereocenters. The van der Waals surface area contributed by atoms with Crippen LogP contribution in [0.15, 0.2) is 0 Å². The van der Waals surface area contributed by atoms with E-state index in [1.54, 1.807) is 0 Å². The molecular formula is C14H26O7. The van der Waals surface area contributed by atoms with Gasteiger partial charge in [0.25, 0.3) is 0 Å². The zero-order chi connectivity index (χ0) is 15.8. The van der Waals surface area contributed by atoms with Crippen molar-refractivity contribution in [3.05, 3.63) is 0 Å². The standard InChI is InChI=1S/C14H26O7/c1-2-3-4-5-6-7-10(15)20-8-9-11(16)12(17)13(18)14(19)21-9/h9,11-14,16-19H,2-8H2,1H3/t9-,11-,12+,13-,14-/m1/s1. The van der Waals surface area contributed by atoms with Crippen LogP contribution in [0.2, 0.25) is 0 Å². The number of carbonyl (C=O) groups excluding carboxylic acids is 1. The van der Waals surface area contributed by atoms with E-state index in [2.05, 4.69) is 6.92 Å². The fourth-order valence-corrected chi connectivity index (χ4v) is 2.19. The molecule has 0 aromatic heterocycles.